The number of amides is 3. The van der Waals surface area contributed by atoms with Gasteiger partial charge < -0.3 is 20.7 Å². The first-order valence-corrected chi connectivity index (χ1v) is 10.5. The molecular formula is C24H29N3O4. The smallest absolute Gasteiger partial charge is 0.247 e. The SMILES string of the molecule is CC(C)CC(=O)N1Cc2ccccc2CC1C(=O)Nc1ccc(OCCC(N)=O)cc1. The van der Waals surface area contributed by atoms with Crippen LogP contribution in [0.2, 0.25) is 0 Å². The molecule has 3 rings (SSSR count). The molecule has 1 unspecified atom stereocenters. The maximum Gasteiger partial charge on any atom is 0.247 e. The third-order valence-electron chi connectivity index (χ3n) is 5.19. The molecule has 0 saturated carbocycles. The number of nitrogens with zero attached hydrogens (tertiary/aromatic N) is 1. The van der Waals surface area contributed by atoms with Gasteiger partial charge in [-0.3, -0.25) is 14.4 Å². The molecule has 1 atom stereocenters. The van der Waals surface area contributed by atoms with Crippen LogP contribution < -0.4 is 15.8 Å². The van der Waals surface area contributed by atoms with E-state index >= 15 is 0 Å². The molecule has 0 saturated heterocycles. The van der Waals surface area contributed by atoms with Crippen LogP contribution in [0.4, 0.5) is 5.69 Å². The van der Waals surface area contributed by atoms with Gasteiger partial charge in [0.15, 0.2) is 0 Å². The van der Waals surface area contributed by atoms with Crippen molar-refractivity contribution in [2.45, 2.75) is 45.7 Å². The van der Waals surface area contributed by atoms with Crippen molar-refractivity contribution in [3.8, 4) is 5.75 Å². The van der Waals surface area contributed by atoms with Gasteiger partial charge in [-0.05, 0) is 41.3 Å². The molecule has 0 bridgehead atoms. The van der Waals surface area contributed by atoms with Gasteiger partial charge in [-0.25, -0.2) is 0 Å². The highest BCUT2D eigenvalue weighted by molar-refractivity contribution is 5.97. The monoisotopic (exact) mass is 423 g/mol. The first kappa shape index (κ1) is 22.3. The van der Waals surface area contributed by atoms with Crippen LogP contribution in [0.3, 0.4) is 0 Å². The third-order valence-corrected chi connectivity index (χ3v) is 5.19. The van der Waals surface area contributed by atoms with E-state index in [1.54, 1.807) is 29.2 Å². The van der Waals surface area contributed by atoms with Crippen LogP contribution in [-0.4, -0.2) is 35.3 Å². The molecular weight excluding hydrogens is 394 g/mol. The van der Waals surface area contributed by atoms with Crippen LogP contribution in [0.1, 0.15) is 37.8 Å². The van der Waals surface area contributed by atoms with Gasteiger partial charge in [-0.2, -0.15) is 0 Å². The summed E-state index contributed by atoms with van der Waals surface area (Å²) in [6, 6.07) is 14.3. The summed E-state index contributed by atoms with van der Waals surface area (Å²) < 4.78 is 5.45. The zero-order valence-electron chi connectivity index (χ0n) is 18.0. The van der Waals surface area contributed by atoms with Gasteiger partial charge in [0.1, 0.15) is 11.8 Å². The molecule has 3 N–H and O–H groups in total. The van der Waals surface area contributed by atoms with Crippen molar-refractivity contribution in [3.63, 3.8) is 0 Å². The molecule has 31 heavy (non-hydrogen) atoms. The number of carbonyl (C=O) groups is 3. The van der Waals surface area contributed by atoms with Gasteiger partial charge in [0.05, 0.1) is 13.0 Å². The summed E-state index contributed by atoms with van der Waals surface area (Å²) in [7, 11) is 0. The normalized spacial score (nSPS) is 15.3. The zero-order valence-corrected chi connectivity index (χ0v) is 18.0. The Bertz CT molecular complexity index is 940. The van der Waals surface area contributed by atoms with Gasteiger partial charge in [-0.1, -0.05) is 38.1 Å². The van der Waals surface area contributed by atoms with E-state index < -0.39 is 11.9 Å². The molecule has 1 aliphatic heterocycles. The average Bonchev–Trinajstić information content (AvgIpc) is 2.73. The Hall–Kier alpha value is -3.35. The molecule has 0 fully saturated rings. The van der Waals surface area contributed by atoms with E-state index in [1.165, 1.54) is 0 Å². The topological polar surface area (TPSA) is 102 Å². The number of rotatable bonds is 8. The lowest BCUT2D eigenvalue weighted by Gasteiger charge is -2.36. The molecule has 0 aliphatic carbocycles. The van der Waals surface area contributed by atoms with Gasteiger partial charge in [0, 0.05) is 25.1 Å². The van der Waals surface area contributed by atoms with E-state index in [-0.39, 0.29) is 30.8 Å². The molecule has 3 amide bonds. The van der Waals surface area contributed by atoms with E-state index in [4.69, 9.17) is 10.5 Å². The molecule has 1 aliphatic rings. The largest absolute Gasteiger partial charge is 0.493 e. The predicted molar refractivity (Wildman–Crippen MR) is 118 cm³/mol. The van der Waals surface area contributed by atoms with E-state index in [0.717, 1.165) is 11.1 Å². The fraction of sp³-hybridized carbons (Fsp3) is 0.375. The number of ether oxygens (including phenoxy) is 1. The van der Waals surface area contributed by atoms with E-state index in [0.29, 0.717) is 30.8 Å². The van der Waals surface area contributed by atoms with Crippen molar-refractivity contribution in [1.82, 2.24) is 4.90 Å². The summed E-state index contributed by atoms with van der Waals surface area (Å²) in [5, 5.41) is 2.92. The first-order chi connectivity index (χ1) is 14.8. The molecule has 164 valence electrons. The number of hydrogen-bond donors (Lipinski definition) is 2. The third kappa shape index (κ3) is 6.07. The van der Waals surface area contributed by atoms with Crippen molar-refractivity contribution in [2.24, 2.45) is 11.7 Å². The number of primary amides is 1. The van der Waals surface area contributed by atoms with E-state index in [9.17, 15) is 14.4 Å². The van der Waals surface area contributed by atoms with Crippen molar-refractivity contribution in [2.75, 3.05) is 11.9 Å². The Balaban J connectivity index is 1.70. The quantitative estimate of drug-likeness (QED) is 0.682. The fourth-order valence-electron chi connectivity index (χ4n) is 3.62. The Labute approximate surface area is 182 Å². The van der Waals surface area contributed by atoms with Crippen LogP contribution in [0, 0.1) is 5.92 Å². The number of fused-ring (bicyclic) bond motifs is 1. The minimum atomic E-state index is -0.562. The van der Waals surface area contributed by atoms with Gasteiger partial charge >= 0.3 is 0 Å². The van der Waals surface area contributed by atoms with Crippen LogP contribution >= 0.6 is 0 Å². The second kappa shape index (κ2) is 10.1. The Morgan fingerprint density at radius 1 is 1.10 bits per heavy atom. The summed E-state index contributed by atoms with van der Waals surface area (Å²) in [6.45, 7) is 4.64. The van der Waals surface area contributed by atoms with Gasteiger partial charge in [-0.15, -0.1) is 0 Å². The van der Waals surface area contributed by atoms with Crippen LogP contribution in [0.5, 0.6) is 5.75 Å². The number of hydrogen-bond acceptors (Lipinski definition) is 4. The highest BCUT2D eigenvalue weighted by Crippen LogP contribution is 2.26. The number of anilines is 1. The molecule has 0 radical (unpaired) electrons. The highest BCUT2D eigenvalue weighted by Gasteiger charge is 2.34. The van der Waals surface area contributed by atoms with Gasteiger partial charge in [0.25, 0.3) is 0 Å². The zero-order chi connectivity index (χ0) is 22.4. The molecule has 0 spiro atoms. The minimum Gasteiger partial charge on any atom is -0.493 e. The molecule has 0 aromatic heterocycles. The number of carbonyl (C=O) groups excluding carboxylic acids is 3. The Morgan fingerprint density at radius 3 is 2.42 bits per heavy atom. The maximum absolute atomic E-state index is 13.1. The standard InChI is InChI=1S/C24H29N3O4/c1-16(2)13-23(29)27-15-18-6-4-3-5-17(18)14-21(27)24(30)26-19-7-9-20(10-8-19)31-12-11-22(25)28/h3-10,16,21H,11-15H2,1-2H3,(H2,25,28)(H,26,30). The Morgan fingerprint density at radius 2 is 1.77 bits per heavy atom. The van der Waals surface area contributed by atoms with Crippen molar-refractivity contribution >= 4 is 23.4 Å². The van der Waals surface area contributed by atoms with Gasteiger partial charge in [0.2, 0.25) is 17.7 Å². The van der Waals surface area contributed by atoms with E-state index in [1.807, 2.05) is 38.1 Å². The lowest BCUT2D eigenvalue weighted by Crippen LogP contribution is -2.50. The lowest BCUT2D eigenvalue weighted by molar-refractivity contribution is -0.140. The Kier molecular flexibility index (Phi) is 7.28. The van der Waals surface area contributed by atoms with Crippen molar-refractivity contribution in [1.29, 1.82) is 0 Å². The van der Waals surface area contributed by atoms with Crippen molar-refractivity contribution in [3.05, 3.63) is 59.7 Å². The van der Waals surface area contributed by atoms with Crippen molar-refractivity contribution < 1.29 is 19.1 Å². The summed E-state index contributed by atoms with van der Waals surface area (Å²) in [4.78, 5) is 38.5. The van der Waals surface area contributed by atoms with E-state index in [2.05, 4.69) is 5.32 Å². The maximum atomic E-state index is 13.1. The molecule has 2 aromatic rings. The van der Waals surface area contributed by atoms with Crippen LogP contribution in [0.25, 0.3) is 0 Å². The highest BCUT2D eigenvalue weighted by atomic mass is 16.5. The molecule has 1 heterocycles. The first-order valence-electron chi connectivity index (χ1n) is 10.5. The average molecular weight is 424 g/mol. The summed E-state index contributed by atoms with van der Waals surface area (Å²) in [6.07, 6.45) is 1.03. The number of nitrogens with two attached hydrogens (primary N) is 1. The lowest BCUT2D eigenvalue weighted by atomic mass is 9.92. The molecule has 2 aromatic carbocycles. The molecule has 7 nitrogen and oxygen atoms in total. The number of nitrogens with one attached hydrogen (secondary N) is 1. The summed E-state index contributed by atoms with van der Waals surface area (Å²) >= 11 is 0. The minimum absolute atomic E-state index is 0.0112. The summed E-state index contributed by atoms with van der Waals surface area (Å²) in [5.41, 5.74) is 7.89. The fourth-order valence-corrected chi connectivity index (χ4v) is 3.62. The molecule has 7 heteroatoms. The summed E-state index contributed by atoms with van der Waals surface area (Å²) in [5.74, 6) is 0.154. The second-order valence-corrected chi connectivity index (χ2v) is 8.19. The second-order valence-electron chi connectivity index (χ2n) is 8.19. The van der Waals surface area contributed by atoms with Crippen LogP contribution in [-0.2, 0) is 27.3 Å². The number of benzene rings is 2. The van der Waals surface area contributed by atoms with Crippen LogP contribution in [0.15, 0.2) is 48.5 Å². The predicted octanol–water partition coefficient (Wildman–Crippen LogP) is 2.88.